The highest BCUT2D eigenvalue weighted by Crippen LogP contribution is 2.23. The molecule has 24 heavy (non-hydrogen) atoms. The maximum atomic E-state index is 12.3. The molecule has 1 aliphatic rings. The fourth-order valence-electron chi connectivity index (χ4n) is 2.67. The number of amides is 2. The summed E-state index contributed by atoms with van der Waals surface area (Å²) >= 11 is 0. The topological polar surface area (TPSA) is 58.6 Å². The van der Waals surface area contributed by atoms with E-state index in [-0.39, 0.29) is 18.4 Å². The predicted octanol–water partition coefficient (Wildman–Crippen LogP) is 2.54. The number of ether oxygens (including phenoxy) is 1. The lowest BCUT2D eigenvalue weighted by Crippen LogP contribution is -2.37. The molecular formula is C19H20N2O3. The van der Waals surface area contributed by atoms with Gasteiger partial charge in [-0.3, -0.25) is 9.59 Å². The second kappa shape index (κ2) is 7.17. The van der Waals surface area contributed by atoms with Crippen LogP contribution in [0.5, 0.6) is 5.75 Å². The number of carbonyl (C=O) groups is 2. The molecule has 0 spiro atoms. The number of anilines is 1. The third-order valence-corrected chi connectivity index (χ3v) is 3.96. The van der Waals surface area contributed by atoms with Gasteiger partial charge in [-0.15, -0.1) is 0 Å². The molecule has 0 fully saturated rings. The second-order valence-electron chi connectivity index (χ2n) is 5.76. The Morgan fingerprint density at radius 1 is 1.08 bits per heavy atom. The molecule has 5 nitrogen and oxygen atoms in total. The highest BCUT2D eigenvalue weighted by atomic mass is 16.5. The summed E-state index contributed by atoms with van der Waals surface area (Å²) in [5, 5.41) is 2.64. The Morgan fingerprint density at radius 3 is 2.62 bits per heavy atom. The van der Waals surface area contributed by atoms with Gasteiger partial charge in [-0.1, -0.05) is 29.8 Å². The lowest BCUT2D eigenvalue weighted by molar-refractivity contribution is -0.117. The lowest BCUT2D eigenvalue weighted by Gasteiger charge is -2.22. The van der Waals surface area contributed by atoms with Gasteiger partial charge in [-0.05, 0) is 37.6 Å². The Hall–Kier alpha value is -2.82. The molecular weight excluding hydrogens is 304 g/mol. The molecule has 124 valence electrons. The van der Waals surface area contributed by atoms with Gasteiger partial charge in [0.05, 0.1) is 24.4 Å². The Bertz CT molecular complexity index is 741. The predicted molar refractivity (Wildman–Crippen MR) is 92.4 cm³/mol. The van der Waals surface area contributed by atoms with Crippen molar-refractivity contribution in [2.24, 2.45) is 0 Å². The van der Waals surface area contributed by atoms with Crippen molar-refractivity contribution in [3.8, 4) is 5.75 Å². The fraction of sp³-hybridized carbons (Fsp3) is 0.263. The van der Waals surface area contributed by atoms with Crippen molar-refractivity contribution >= 4 is 17.5 Å². The molecule has 0 saturated heterocycles. The van der Waals surface area contributed by atoms with Crippen LogP contribution in [0.3, 0.4) is 0 Å². The molecule has 0 radical (unpaired) electrons. The summed E-state index contributed by atoms with van der Waals surface area (Å²) in [6.45, 7) is 3.07. The summed E-state index contributed by atoms with van der Waals surface area (Å²) in [6, 6.07) is 15.0. The molecule has 0 unspecified atom stereocenters. The van der Waals surface area contributed by atoms with Crippen LogP contribution < -0.4 is 15.0 Å². The Kier molecular flexibility index (Phi) is 4.79. The first kappa shape index (κ1) is 16.1. The highest BCUT2D eigenvalue weighted by molar-refractivity contribution is 6.09. The molecule has 3 rings (SSSR count). The molecule has 0 aliphatic carbocycles. The number of rotatable bonds is 5. The van der Waals surface area contributed by atoms with Crippen LogP contribution in [-0.4, -0.2) is 31.5 Å². The first-order chi connectivity index (χ1) is 11.6. The molecule has 5 heteroatoms. The summed E-state index contributed by atoms with van der Waals surface area (Å²) in [6.07, 6.45) is 0.683. The zero-order valence-corrected chi connectivity index (χ0v) is 13.6. The first-order valence-electron chi connectivity index (χ1n) is 8.02. The minimum absolute atomic E-state index is 0.0202. The van der Waals surface area contributed by atoms with Gasteiger partial charge in [0, 0.05) is 6.54 Å². The van der Waals surface area contributed by atoms with Gasteiger partial charge in [0.2, 0.25) is 5.91 Å². The Morgan fingerprint density at radius 2 is 1.83 bits per heavy atom. The smallest absolute Gasteiger partial charge is 0.253 e. The molecule has 2 aromatic carbocycles. The van der Waals surface area contributed by atoms with E-state index < -0.39 is 0 Å². The zero-order valence-electron chi connectivity index (χ0n) is 13.6. The van der Waals surface area contributed by atoms with Crippen molar-refractivity contribution in [1.82, 2.24) is 5.32 Å². The van der Waals surface area contributed by atoms with Gasteiger partial charge in [0.15, 0.2) is 0 Å². The van der Waals surface area contributed by atoms with Gasteiger partial charge in [0.1, 0.15) is 5.75 Å². The van der Waals surface area contributed by atoms with Crippen LogP contribution in [0.15, 0.2) is 48.5 Å². The number of hydrogen-bond donors (Lipinski definition) is 1. The van der Waals surface area contributed by atoms with Crippen molar-refractivity contribution in [3.05, 3.63) is 59.7 Å². The van der Waals surface area contributed by atoms with Gasteiger partial charge in [-0.2, -0.15) is 0 Å². The van der Waals surface area contributed by atoms with E-state index in [0.717, 1.165) is 5.75 Å². The van der Waals surface area contributed by atoms with E-state index in [4.69, 9.17) is 4.74 Å². The number of para-hydroxylation sites is 1. The van der Waals surface area contributed by atoms with Crippen LogP contribution in [0, 0.1) is 6.92 Å². The number of aryl methyl sites for hydroxylation is 1. The maximum Gasteiger partial charge on any atom is 0.253 e. The van der Waals surface area contributed by atoms with E-state index in [9.17, 15) is 9.59 Å². The number of fused-ring (bicyclic) bond motifs is 1. The van der Waals surface area contributed by atoms with Crippen molar-refractivity contribution in [2.45, 2.75) is 13.3 Å². The average molecular weight is 324 g/mol. The van der Waals surface area contributed by atoms with Crippen molar-refractivity contribution in [3.63, 3.8) is 0 Å². The van der Waals surface area contributed by atoms with Gasteiger partial charge >= 0.3 is 0 Å². The largest absolute Gasteiger partial charge is 0.494 e. The van der Waals surface area contributed by atoms with E-state index in [0.29, 0.717) is 30.8 Å². The molecule has 0 saturated carbocycles. The molecule has 2 aromatic rings. The fourth-order valence-corrected chi connectivity index (χ4v) is 2.67. The SMILES string of the molecule is Cc1ccc(OCCCN2C(=O)CNC(=O)c3ccccc32)cc1. The van der Waals surface area contributed by atoms with Crippen LogP contribution in [0.1, 0.15) is 22.3 Å². The van der Waals surface area contributed by atoms with E-state index in [1.165, 1.54) is 5.56 Å². The monoisotopic (exact) mass is 324 g/mol. The standard InChI is InChI=1S/C19H20N2O3/c1-14-7-9-15(10-8-14)24-12-4-11-21-17-6-3-2-5-16(17)19(23)20-13-18(21)22/h2-3,5-10H,4,11-13H2,1H3,(H,20,23). The summed E-state index contributed by atoms with van der Waals surface area (Å²) in [5.41, 5.74) is 2.38. The maximum absolute atomic E-state index is 12.3. The van der Waals surface area contributed by atoms with Gasteiger partial charge < -0.3 is 15.0 Å². The van der Waals surface area contributed by atoms with Crippen LogP contribution in [0.2, 0.25) is 0 Å². The molecule has 1 heterocycles. The van der Waals surface area contributed by atoms with Crippen LogP contribution in [0.4, 0.5) is 5.69 Å². The van der Waals surface area contributed by atoms with Crippen molar-refractivity contribution in [2.75, 3.05) is 24.6 Å². The molecule has 1 N–H and O–H groups in total. The van der Waals surface area contributed by atoms with Crippen molar-refractivity contribution < 1.29 is 14.3 Å². The normalized spacial score (nSPS) is 14.0. The Labute approximate surface area is 141 Å². The minimum atomic E-state index is -0.211. The molecule has 2 amide bonds. The average Bonchev–Trinajstić information content (AvgIpc) is 2.72. The summed E-state index contributed by atoms with van der Waals surface area (Å²) in [7, 11) is 0. The second-order valence-corrected chi connectivity index (χ2v) is 5.76. The van der Waals surface area contributed by atoms with Crippen LogP contribution >= 0.6 is 0 Å². The number of benzene rings is 2. The summed E-state index contributed by atoms with van der Waals surface area (Å²) in [4.78, 5) is 26.0. The third kappa shape index (κ3) is 3.56. The third-order valence-electron chi connectivity index (χ3n) is 3.96. The highest BCUT2D eigenvalue weighted by Gasteiger charge is 2.25. The Balaban J connectivity index is 1.63. The summed E-state index contributed by atoms with van der Waals surface area (Å²) < 4.78 is 5.71. The molecule has 1 aliphatic heterocycles. The van der Waals surface area contributed by atoms with E-state index in [1.807, 2.05) is 37.3 Å². The summed E-state index contributed by atoms with van der Waals surface area (Å²) in [5.74, 6) is 0.501. The first-order valence-corrected chi connectivity index (χ1v) is 8.02. The van der Waals surface area contributed by atoms with Gasteiger partial charge in [-0.25, -0.2) is 0 Å². The molecule has 0 aromatic heterocycles. The van der Waals surface area contributed by atoms with Crippen molar-refractivity contribution in [1.29, 1.82) is 0 Å². The molecule has 0 atom stereocenters. The van der Waals surface area contributed by atoms with Crippen LogP contribution in [-0.2, 0) is 4.79 Å². The number of nitrogens with one attached hydrogen (secondary N) is 1. The number of hydrogen-bond acceptors (Lipinski definition) is 3. The number of carbonyl (C=O) groups excluding carboxylic acids is 2. The molecule has 0 bridgehead atoms. The zero-order chi connectivity index (χ0) is 16.9. The van der Waals surface area contributed by atoms with E-state index >= 15 is 0 Å². The van der Waals surface area contributed by atoms with E-state index in [1.54, 1.807) is 23.1 Å². The van der Waals surface area contributed by atoms with Gasteiger partial charge in [0.25, 0.3) is 5.91 Å². The lowest BCUT2D eigenvalue weighted by atomic mass is 10.1. The minimum Gasteiger partial charge on any atom is -0.494 e. The van der Waals surface area contributed by atoms with E-state index in [2.05, 4.69) is 5.32 Å². The number of nitrogens with zero attached hydrogens (tertiary/aromatic N) is 1. The quantitative estimate of drug-likeness (QED) is 0.860. The van der Waals surface area contributed by atoms with Crippen LogP contribution in [0.25, 0.3) is 0 Å².